The molecule has 0 radical (unpaired) electrons. The maximum atomic E-state index is 14.1. The van der Waals surface area contributed by atoms with Gasteiger partial charge in [-0.2, -0.15) is 0 Å². The molecule has 0 aliphatic rings. The number of amides is 2. The van der Waals surface area contributed by atoms with E-state index in [4.69, 9.17) is 5.73 Å². The van der Waals surface area contributed by atoms with Crippen molar-refractivity contribution in [2.45, 2.75) is 13.3 Å². The van der Waals surface area contributed by atoms with Crippen LogP contribution in [-0.4, -0.2) is 30.4 Å². The number of nitrogens with two attached hydrogens (primary N) is 1. The first kappa shape index (κ1) is 22.1. The lowest BCUT2D eigenvalue weighted by Gasteiger charge is -2.08. The Labute approximate surface area is 191 Å². The smallest absolute Gasteiger partial charge is 0.251 e. The van der Waals surface area contributed by atoms with Gasteiger partial charge in [-0.3, -0.25) is 9.59 Å². The van der Waals surface area contributed by atoms with Crippen molar-refractivity contribution in [3.05, 3.63) is 88.9 Å². The van der Waals surface area contributed by atoms with Crippen molar-refractivity contribution < 1.29 is 14.0 Å². The summed E-state index contributed by atoms with van der Waals surface area (Å²) >= 11 is 0. The number of benzene rings is 3. The maximum absolute atomic E-state index is 14.1. The topological polar surface area (TPSA) is 100 Å². The molecule has 1 aromatic heterocycles. The van der Waals surface area contributed by atoms with Crippen molar-refractivity contribution in [3.8, 4) is 11.1 Å². The first-order valence-electron chi connectivity index (χ1n) is 10.6. The van der Waals surface area contributed by atoms with Gasteiger partial charge in [-0.1, -0.05) is 24.3 Å². The highest BCUT2D eigenvalue weighted by molar-refractivity contribution is 5.96. The lowest BCUT2D eigenvalue weighted by Crippen LogP contribution is -2.25. The van der Waals surface area contributed by atoms with Crippen LogP contribution in [0.4, 0.5) is 10.1 Å². The number of hydrogen-bond acceptors (Lipinski definition) is 3. The minimum Gasteiger partial charge on any atom is -0.399 e. The van der Waals surface area contributed by atoms with Crippen molar-refractivity contribution >= 4 is 28.4 Å². The molecule has 0 saturated carbocycles. The van der Waals surface area contributed by atoms with Gasteiger partial charge in [0, 0.05) is 41.5 Å². The van der Waals surface area contributed by atoms with E-state index in [1.165, 1.54) is 6.07 Å². The number of fused-ring (bicyclic) bond motifs is 1. The molecule has 0 aliphatic carbocycles. The number of anilines is 1. The zero-order valence-corrected chi connectivity index (χ0v) is 18.5. The van der Waals surface area contributed by atoms with Gasteiger partial charge in [0.1, 0.15) is 5.82 Å². The Hall–Kier alpha value is -4.13. The summed E-state index contributed by atoms with van der Waals surface area (Å²) in [6.45, 7) is 2.28. The van der Waals surface area contributed by atoms with Gasteiger partial charge in [0.15, 0.2) is 0 Å². The number of aryl methyl sites for hydroxylation is 1. The van der Waals surface area contributed by atoms with Crippen LogP contribution in [0.25, 0.3) is 22.0 Å². The Morgan fingerprint density at radius 1 is 0.970 bits per heavy atom. The predicted molar refractivity (Wildman–Crippen MR) is 129 cm³/mol. The highest BCUT2D eigenvalue weighted by atomic mass is 19.1. The highest BCUT2D eigenvalue weighted by Gasteiger charge is 2.14. The van der Waals surface area contributed by atoms with Crippen molar-refractivity contribution in [3.63, 3.8) is 0 Å². The van der Waals surface area contributed by atoms with Crippen LogP contribution >= 0.6 is 0 Å². The zero-order valence-electron chi connectivity index (χ0n) is 18.5. The summed E-state index contributed by atoms with van der Waals surface area (Å²) < 4.78 is 14.1. The van der Waals surface area contributed by atoms with E-state index in [0.29, 0.717) is 35.3 Å². The first-order chi connectivity index (χ1) is 15.9. The Morgan fingerprint density at radius 2 is 1.73 bits per heavy atom. The van der Waals surface area contributed by atoms with Gasteiger partial charge in [-0.15, -0.1) is 0 Å². The van der Waals surface area contributed by atoms with Gasteiger partial charge in [0.25, 0.3) is 11.8 Å². The number of carbonyl (C=O) groups excluding carboxylic acids is 2. The van der Waals surface area contributed by atoms with Gasteiger partial charge in [-0.05, 0) is 66.4 Å². The van der Waals surface area contributed by atoms with E-state index in [2.05, 4.69) is 15.6 Å². The third-order valence-corrected chi connectivity index (χ3v) is 5.70. The second-order valence-electron chi connectivity index (χ2n) is 7.90. The summed E-state index contributed by atoms with van der Waals surface area (Å²) in [4.78, 5) is 27.5. The number of carbonyl (C=O) groups is 2. The molecule has 0 bridgehead atoms. The van der Waals surface area contributed by atoms with E-state index >= 15 is 0 Å². The third-order valence-electron chi connectivity index (χ3n) is 5.70. The van der Waals surface area contributed by atoms with E-state index in [1.54, 1.807) is 31.3 Å². The molecule has 5 N–H and O–H groups in total. The molecule has 7 heteroatoms. The van der Waals surface area contributed by atoms with Crippen molar-refractivity contribution in [1.29, 1.82) is 0 Å². The van der Waals surface area contributed by atoms with E-state index in [1.807, 2.05) is 37.3 Å². The molecule has 4 rings (SSSR count). The van der Waals surface area contributed by atoms with Crippen LogP contribution in [-0.2, 0) is 6.42 Å². The fraction of sp³-hybridized carbons (Fsp3) is 0.154. The molecule has 2 amide bonds. The summed E-state index contributed by atoms with van der Waals surface area (Å²) in [5, 5.41) is 6.27. The minimum absolute atomic E-state index is 0.149. The minimum atomic E-state index is -0.385. The normalized spacial score (nSPS) is 10.9. The number of halogens is 1. The SMILES string of the molecule is CNC(=O)c1cccc(-c2ccc(C(=O)NCCc3c(C)[nH]c4c(F)cc(N)cc34)cc2)c1. The van der Waals surface area contributed by atoms with Gasteiger partial charge in [-0.25, -0.2) is 4.39 Å². The van der Waals surface area contributed by atoms with Crippen LogP contribution in [0.5, 0.6) is 0 Å². The van der Waals surface area contributed by atoms with Gasteiger partial charge in [0.2, 0.25) is 0 Å². The third kappa shape index (κ3) is 4.57. The molecule has 0 aliphatic heterocycles. The standard InChI is InChI=1S/C26H25FN4O2/c1-15-21(22-13-20(28)14-23(27)24(22)31-15)10-11-30-26(33)17-8-6-16(7-9-17)18-4-3-5-19(12-18)25(32)29-2/h3-9,12-14,31H,10-11,28H2,1-2H3,(H,29,32)(H,30,33). The van der Waals surface area contributed by atoms with Crippen LogP contribution in [0.15, 0.2) is 60.7 Å². The Morgan fingerprint density at radius 3 is 2.45 bits per heavy atom. The fourth-order valence-electron chi connectivity index (χ4n) is 3.98. The van der Waals surface area contributed by atoms with Crippen LogP contribution in [0.2, 0.25) is 0 Å². The molecule has 0 fully saturated rings. The monoisotopic (exact) mass is 444 g/mol. The number of nitrogen functional groups attached to an aromatic ring is 1. The van der Waals surface area contributed by atoms with Crippen LogP contribution in [0.3, 0.4) is 0 Å². The summed E-state index contributed by atoms with van der Waals surface area (Å²) in [7, 11) is 1.59. The molecular weight excluding hydrogens is 419 g/mol. The highest BCUT2D eigenvalue weighted by Crippen LogP contribution is 2.27. The van der Waals surface area contributed by atoms with E-state index in [9.17, 15) is 14.0 Å². The molecule has 0 saturated heterocycles. The van der Waals surface area contributed by atoms with Crippen molar-refractivity contribution in [2.24, 2.45) is 0 Å². The Balaban J connectivity index is 1.43. The van der Waals surface area contributed by atoms with E-state index < -0.39 is 0 Å². The maximum Gasteiger partial charge on any atom is 0.251 e. The van der Waals surface area contributed by atoms with Gasteiger partial charge in [0.05, 0.1) is 5.52 Å². The number of H-pyrrole nitrogens is 1. The summed E-state index contributed by atoms with van der Waals surface area (Å²) in [5.41, 5.74) is 11.3. The number of aromatic nitrogens is 1. The van der Waals surface area contributed by atoms with Crippen LogP contribution < -0.4 is 16.4 Å². The fourth-order valence-corrected chi connectivity index (χ4v) is 3.98. The molecule has 3 aromatic carbocycles. The summed E-state index contributed by atoms with van der Waals surface area (Å²) in [6.07, 6.45) is 0.546. The Kier molecular flexibility index (Phi) is 6.13. The van der Waals surface area contributed by atoms with E-state index in [-0.39, 0.29) is 17.6 Å². The molecular formula is C26H25FN4O2. The second kappa shape index (κ2) is 9.16. The summed E-state index contributed by atoms with van der Waals surface area (Å²) in [5.74, 6) is -0.725. The number of nitrogens with one attached hydrogen (secondary N) is 3. The Bertz CT molecular complexity index is 1340. The average Bonchev–Trinajstić information content (AvgIpc) is 3.14. The summed E-state index contributed by atoms with van der Waals surface area (Å²) in [6, 6.07) is 17.6. The first-order valence-corrected chi connectivity index (χ1v) is 10.6. The quantitative estimate of drug-likeness (QED) is 0.336. The second-order valence-corrected chi connectivity index (χ2v) is 7.90. The molecule has 168 valence electrons. The number of aromatic amines is 1. The molecule has 33 heavy (non-hydrogen) atoms. The lowest BCUT2D eigenvalue weighted by molar-refractivity contribution is 0.0949. The van der Waals surface area contributed by atoms with Crippen LogP contribution in [0.1, 0.15) is 32.0 Å². The van der Waals surface area contributed by atoms with Gasteiger partial charge >= 0.3 is 0 Å². The lowest BCUT2D eigenvalue weighted by atomic mass is 10.0. The zero-order chi connectivity index (χ0) is 23.5. The molecule has 1 heterocycles. The number of hydrogen-bond donors (Lipinski definition) is 4. The molecule has 4 aromatic rings. The largest absolute Gasteiger partial charge is 0.399 e. The molecule has 0 atom stereocenters. The van der Waals surface area contributed by atoms with E-state index in [0.717, 1.165) is 27.8 Å². The van der Waals surface area contributed by atoms with Gasteiger partial charge < -0.3 is 21.4 Å². The number of rotatable bonds is 6. The van der Waals surface area contributed by atoms with Crippen molar-refractivity contribution in [2.75, 3.05) is 19.3 Å². The predicted octanol–water partition coefficient (Wildman–Crippen LogP) is 4.20. The molecule has 6 nitrogen and oxygen atoms in total. The molecule has 0 spiro atoms. The van der Waals surface area contributed by atoms with Crippen LogP contribution in [0, 0.1) is 12.7 Å². The average molecular weight is 445 g/mol. The molecule has 0 unspecified atom stereocenters. The van der Waals surface area contributed by atoms with Crippen molar-refractivity contribution in [1.82, 2.24) is 15.6 Å².